The predicted molar refractivity (Wildman–Crippen MR) is 141 cm³/mol. The molecule has 1 amide bonds. The number of hydrogen-bond acceptors (Lipinski definition) is 4. The Balaban J connectivity index is 1.57. The summed E-state index contributed by atoms with van der Waals surface area (Å²) in [4.78, 5) is 18.3. The van der Waals surface area contributed by atoms with Gasteiger partial charge < -0.3 is 9.64 Å². The van der Waals surface area contributed by atoms with Gasteiger partial charge in [0.05, 0.1) is 10.8 Å². The van der Waals surface area contributed by atoms with Crippen LogP contribution in [-0.2, 0) is 32.1 Å². The van der Waals surface area contributed by atoms with Crippen molar-refractivity contribution in [3.05, 3.63) is 87.5 Å². The SMILES string of the molecule is C=S(=O)(c1ccccc1)C12CCN(C(=O)C(F)(F)F)C1CCc1nc(OCc3c(Cl)cccc3Cl)ccc12. The number of ether oxygens (including phenoxy) is 1. The first-order chi connectivity index (χ1) is 18.0. The lowest BCUT2D eigenvalue weighted by molar-refractivity contribution is -0.186. The minimum absolute atomic E-state index is 0.0564. The number of pyridine rings is 1. The lowest BCUT2D eigenvalue weighted by Gasteiger charge is -2.44. The van der Waals surface area contributed by atoms with E-state index in [1.165, 1.54) is 0 Å². The van der Waals surface area contributed by atoms with Crippen LogP contribution in [0.4, 0.5) is 13.2 Å². The van der Waals surface area contributed by atoms with Crippen molar-refractivity contribution in [1.82, 2.24) is 9.88 Å². The van der Waals surface area contributed by atoms with E-state index in [4.69, 9.17) is 27.9 Å². The van der Waals surface area contributed by atoms with Crippen molar-refractivity contribution in [2.45, 2.75) is 47.7 Å². The van der Waals surface area contributed by atoms with E-state index in [1.54, 1.807) is 60.7 Å². The van der Waals surface area contributed by atoms with Crippen LogP contribution in [0.25, 0.3) is 0 Å². The van der Waals surface area contributed by atoms with Gasteiger partial charge in [0.25, 0.3) is 0 Å². The van der Waals surface area contributed by atoms with Crippen molar-refractivity contribution in [3.8, 4) is 5.88 Å². The third kappa shape index (κ3) is 4.34. The van der Waals surface area contributed by atoms with Gasteiger partial charge in [-0.05, 0) is 55.0 Å². The molecule has 1 aliphatic heterocycles. The number of nitrogens with zero attached hydrogens (tertiary/aromatic N) is 2. The van der Waals surface area contributed by atoms with E-state index < -0.39 is 32.4 Å². The largest absolute Gasteiger partial charge is 0.473 e. The molecule has 0 radical (unpaired) electrons. The van der Waals surface area contributed by atoms with E-state index in [9.17, 15) is 22.2 Å². The van der Waals surface area contributed by atoms with Crippen LogP contribution >= 0.6 is 23.2 Å². The predicted octanol–water partition coefficient (Wildman–Crippen LogP) is 6.05. The molecular formula is C27H23Cl2F3N2O3S. The molecule has 3 atom stereocenters. The average molecular weight is 583 g/mol. The van der Waals surface area contributed by atoms with Gasteiger partial charge >= 0.3 is 12.1 Å². The zero-order chi connectivity index (χ0) is 27.3. The topological polar surface area (TPSA) is 59.5 Å². The fourth-order valence-corrected chi connectivity index (χ4v) is 8.78. The zero-order valence-corrected chi connectivity index (χ0v) is 22.3. The molecule has 1 saturated heterocycles. The Hall–Kier alpha value is -2.75. The third-order valence-corrected chi connectivity index (χ3v) is 11.0. The van der Waals surface area contributed by atoms with Gasteiger partial charge in [-0.3, -0.25) is 9.00 Å². The number of likely N-dealkylation sites (tertiary alicyclic amines) is 1. The number of aryl methyl sites for hydroxylation is 1. The highest BCUT2D eigenvalue weighted by molar-refractivity contribution is 8.01. The number of halogens is 5. The third-order valence-electron chi connectivity index (χ3n) is 7.34. The Kier molecular flexibility index (Phi) is 6.90. The second-order valence-electron chi connectivity index (χ2n) is 9.31. The molecule has 3 unspecified atom stereocenters. The van der Waals surface area contributed by atoms with Crippen molar-refractivity contribution in [1.29, 1.82) is 0 Å². The molecule has 0 bridgehead atoms. The van der Waals surface area contributed by atoms with Crippen molar-refractivity contribution < 1.29 is 26.9 Å². The summed E-state index contributed by atoms with van der Waals surface area (Å²) in [6.07, 6.45) is -4.55. The molecule has 11 heteroatoms. The molecule has 1 aliphatic carbocycles. The number of aromatic nitrogens is 1. The second kappa shape index (κ2) is 9.77. The van der Waals surface area contributed by atoms with Gasteiger partial charge in [-0.25, -0.2) is 4.98 Å². The second-order valence-corrected chi connectivity index (χ2v) is 12.7. The fourth-order valence-electron chi connectivity index (χ4n) is 5.61. The van der Waals surface area contributed by atoms with E-state index in [0.717, 1.165) is 4.90 Å². The Labute approximate surface area is 228 Å². The summed E-state index contributed by atoms with van der Waals surface area (Å²) in [5, 5.41) is 0.884. The van der Waals surface area contributed by atoms with Crippen LogP contribution in [0.3, 0.4) is 0 Å². The molecule has 5 rings (SSSR count). The molecule has 0 N–H and O–H groups in total. The van der Waals surface area contributed by atoms with Gasteiger partial charge in [0.15, 0.2) is 0 Å². The quantitative estimate of drug-likeness (QED) is 0.344. The van der Waals surface area contributed by atoms with Crippen molar-refractivity contribution in [2.24, 2.45) is 0 Å². The number of amides is 1. The monoisotopic (exact) mass is 582 g/mol. The van der Waals surface area contributed by atoms with Crippen LogP contribution in [0, 0.1) is 0 Å². The number of benzene rings is 2. The highest BCUT2D eigenvalue weighted by Crippen LogP contribution is 2.53. The number of carbonyl (C=O) groups is 1. The van der Waals surface area contributed by atoms with Crippen molar-refractivity contribution in [3.63, 3.8) is 0 Å². The molecule has 2 aliphatic rings. The summed E-state index contributed by atoms with van der Waals surface area (Å²) in [6, 6.07) is 15.9. The van der Waals surface area contributed by atoms with Gasteiger partial charge in [0.1, 0.15) is 6.61 Å². The van der Waals surface area contributed by atoms with E-state index in [1.807, 2.05) is 0 Å². The maximum atomic E-state index is 14.6. The summed E-state index contributed by atoms with van der Waals surface area (Å²) in [5.74, 6) is 2.43. The first kappa shape index (κ1) is 26.8. The van der Waals surface area contributed by atoms with Gasteiger partial charge in [0.2, 0.25) is 5.88 Å². The summed E-state index contributed by atoms with van der Waals surface area (Å²) in [5.41, 5.74) is 1.67. The standard InChI is InChI=1S/C27H23Cl2F3N2O3S/c1-38(36,17-6-3-2-4-7-17)26-14-15-34(25(35)27(30,31)32)23(26)12-11-22-19(26)10-13-24(33-22)37-16-18-20(28)8-5-9-21(18)29/h2-10,13,23H,1,11-12,14-16H2. The number of fused-ring (bicyclic) bond motifs is 3. The lowest BCUT2D eigenvalue weighted by atomic mass is 9.81. The Morgan fingerprint density at radius 2 is 1.79 bits per heavy atom. The van der Waals surface area contributed by atoms with Gasteiger partial charge in [-0.1, -0.05) is 53.5 Å². The number of rotatable bonds is 5. The molecule has 3 aromatic rings. The molecule has 200 valence electrons. The van der Waals surface area contributed by atoms with E-state index in [0.29, 0.717) is 31.8 Å². The van der Waals surface area contributed by atoms with Crippen LogP contribution in [-0.4, -0.2) is 44.6 Å². The minimum Gasteiger partial charge on any atom is -0.473 e. The maximum Gasteiger partial charge on any atom is 0.471 e. The smallest absolute Gasteiger partial charge is 0.471 e. The molecule has 0 saturated carbocycles. The minimum atomic E-state index is -5.04. The molecule has 0 spiro atoms. The Morgan fingerprint density at radius 1 is 1.11 bits per heavy atom. The Morgan fingerprint density at radius 3 is 2.45 bits per heavy atom. The molecule has 1 aromatic heterocycles. The van der Waals surface area contributed by atoms with Crippen LogP contribution in [0.15, 0.2) is 65.6 Å². The summed E-state index contributed by atoms with van der Waals surface area (Å²) < 4.78 is 59.6. The highest BCUT2D eigenvalue weighted by Gasteiger charge is 2.61. The van der Waals surface area contributed by atoms with Crippen molar-refractivity contribution >= 4 is 44.5 Å². The van der Waals surface area contributed by atoms with Crippen LogP contribution in [0.5, 0.6) is 5.88 Å². The maximum absolute atomic E-state index is 14.6. The van der Waals surface area contributed by atoms with Crippen LogP contribution in [0.1, 0.15) is 29.7 Å². The summed E-state index contributed by atoms with van der Waals surface area (Å²) in [6.45, 7) is -0.132. The van der Waals surface area contributed by atoms with E-state index in [2.05, 4.69) is 10.9 Å². The first-order valence-corrected chi connectivity index (χ1v) is 14.3. The lowest BCUT2D eigenvalue weighted by Crippen LogP contribution is -2.54. The van der Waals surface area contributed by atoms with Crippen LogP contribution in [0.2, 0.25) is 10.0 Å². The van der Waals surface area contributed by atoms with Crippen molar-refractivity contribution in [2.75, 3.05) is 6.54 Å². The van der Waals surface area contributed by atoms with Crippen LogP contribution < -0.4 is 4.74 Å². The normalized spacial score (nSPS) is 22.3. The summed E-state index contributed by atoms with van der Waals surface area (Å²) in [7, 11) is -3.24. The number of carbonyl (C=O) groups excluding carboxylic acids is 1. The molecular weight excluding hydrogens is 560 g/mol. The van der Waals surface area contributed by atoms with Gasteiger partial charge in [-0.2, -0.15) is 13.2 Å². The molecule has 2 aromatic carbocycles. The van der Waals surface area contributed by atoms with E-state index in [-0.39, 0.29) is 38.3 Å². The number of alkyl halides is 3. The number of hydrogen-bond donors (Lipinski definition) is 0. The summed E-state index contributed by atoms with van der Waals surface area (Å²) >= 11 is 12.5. The van der Waals surface area contributed by atoms with Gasteiger partial charge in [-0.15, -0.1) is 0 Å². The average Bonchev–Trinajstić information content (AvgIpc) is 3.29. The molecule has 2 heterocycles. The molecule has 38 heavy (non-hydrogen) atoms. The van der Waals surface area contributed by atoms with E-state index >= 15 is 0 Å². The van der Waals surface area contributed by atoms with Gasteiger partial charge in [0, 0.05) is 48.3 Å². The first-order valence-electron chi connectivity index (χ1n) is 11.8. The molecule has 5 nitrogen and oxygen atoms in total. The molecule has 1 fully saturated rings. The highest BCUT2D eigenvalue weighted by atomic mass is 35.5. The zero-order valence-electron chi connectivity index (χ0n) is 20.0. The fraction of sp³-hybridized carbons (Fsp3) is 0.296. The Bertz CT molecular complexity index is 1480.